The van der Waals surface area contributed by atoms with Crippen LogP contribution in [0.25, 0.3) is 44.2 Å². The van der Waals surface area contributed by atoms with Gasteiger partial charge in [-0.2, -0.15) is 13.5 Å². The van der Waals surface area contributed by atoms with Gasteiger partial charge in [-0.05, 0) is 102 Å². The first-order chi connectivity index (χ1) is 24.4. The summed E-state index contributed by atoms with van der Waals surface area (Å²) in [6.07, 6.45) is 6.55. The van der Waals surface area contributed by atoms with Gasteiger partial charge in [0, 0.05) is 40.2 Å². The summed E-state index contributed by atoms with van der Waals surface area (Å²) in [4.78, 5) is 1.63. The van der Waals surface area contributed by atoms with Crippen LogP contribution in [0.1, 0.15) is 52.8 Å². The molecular weight excluding hydrogens is 798 g/mol. The summed E-state index contributed by atoms with van der Waals surface area (Å²) < 4.78 is 68.4. The van der Waals surface area contributed by atoms with E-state index < -0.39 is 21.8 Å². The number of nitrogens with zero attached hydrogens (tertiary/aromatic N) is 3. The molecule has 0 saturated carbocycles. The van der Waals surface area contributed by atoms with Crippen molar-refractivity contribution in [1.29, 1.82) is 0 Å². The van der Waals surface area contributed by atoms with Crippen molar-refractivity contribution in [2.75, 3.05) is 0 Å². The maximum absolute atomic E-state index is 15.9. The van der Waals surface area contributed by atoms with Crippen molar-refractivity contribution >= 4 is 90.8 Å². The van der Waals surface area contributed by atoms with Crippen LogP contribution in [0.5, 0.6) is 0 Å². The summed E-state index contributed by atoms with van der Waals surface area (Å²) in [7, 11) is -4.42. The predicted octanol–water partition coefficient (Wildman–Crippen LogP) is 12.3. The third-order valence-electron chi connectivity index (χ3n) is 8.89. The van der Waals surface area contributed by atoms with Crippen LogP contribution in [0.15, 0.2) is 76.5 Å². The Kier molecular flexibility index (Phi) is 9.08. The number of benzene rings is 2. The minimum Gasteiger partial charge on any atom is -0.313 e. The number of fused-ring (bicyclic) bond motifs is 6. The third kappa shape index (κ3) is 6.21. The van der Waals surface area contributed by atoms with Gasteiger partial charge in [-0.1, -0.05) is 46.4 Å². The Morgan fingerprint density at radius 2 is 1.51 bits per heavy atom. The lowest BCUT2D eigenvalue weighted by Crippen LogP contribution is -2.00. The summed E-state index contributed by atoms with van der Waals surface area (Å²) in [5.74, 6) is -0.924. The maximum atomic E-state index is 15.9. The van der Waals surface area contributed by atoms with Crippen molar-refractivity contribution in [2.24, 2.45) is 0 Å². The first kappa shape index (κ1) is 34.8. The van der Waals surface area contributed by atoms with E-state index in [0.717, 1.165) is 33.0 Å². The highest BCUT2D eigenvalue weighted by atomic mass is 35.5. The molecule has 2 aliphatic carbocycles. The van der Waals surface area contributed by atoms with E-state index in [1.165, 1.54) is 18.2 Å². The van der Waals surface area contributed by atoms with E-state index in [1.54, 1.807) is 63.2 Å². The van der Waals surface area contributed by atoms with E-state index >= 15 is 8.78 Å². The first-order valence-corrected chi connectivity index (χ1v) is 20.2. The van der Waals surface area contributed by atoms with Crippen LogP contribution in [-0.2, 0) is 23.0 Å². The molecule has 0 aliphatic heterocycles. The third-order valence-corrected chi connectivity index (χ3v) is 13.4. The van der Waals surface area contributed by atoms with Gasteiger partial charge in [0.25, 0.3) is 0 Å². The molecule has 8 rings (SSSR count). The lowest BCUT2D eigenvalue weighted by Gasteiger charge is -2.10. The van der Waals surface area contributed by atoms with Crippen molar-refractivity contribution in [3.05, 3.63) is 126 Å². The van der Waals surface area contributed by atoms with Crippen LogP contribution in [0.3, 0.4) is 0 Å². The minimum absolute atomic E-state index is 0.187. The zero-order valence-corrected chi connectivity index (χ0v) is 31.5. The maximum Gasteiger partial charge on any atom is 0.304 e. The molecule has 0 spiro atoms. The van der Waals surface area contributed by atoms with Gasteiger partial charge in [-0.15, -0.1) is 22.7 Å². The SMILES string of the molecule is O=S(=O)(O)c1cc2c(s1)-c1c(c(/C(F)=C/CCC/C=C(\F)c3nn(-c4ccc(Cl)cc4Cl)c4c3Cc3ccsc3-4)cn1-c1ccc(Cl)cc1Cl)C2. The zero-order valence-electron chi connectivity index (χ0n) is 26.1. The molecule has 2 aromatic carbocycles. The van der Waals surface area contributed by atoms with Crippen LogP contribution >= 0.6 is 69.1 Å². The van der Waals surface area contributed by atoms with Crippen LogP contribution in [-0.4, -0.2) is 27.3 Å². The van der Waals surface area contributed by atoms with Crippen molar-refractivity contribution in [3.8, 4) is 32.5 Å². The van der Waals surface area contributed by atoms with Gasteiger partial charge in [0.05, 0.1) is 42.6 Å². The molecule has 4 heterocycles. The topological polar surface area (TPSA) is 77.1 Å². The molecule has 6 aromatic rings. The number of hydrogen-bond acceptors (Lipinski definition) is 5. The van der Waals surface area contributed by atoms with E-state index in [0.29, 0.717) is 84.4 Å². The van der Waals surface area contributed by atoms with Gasteiger partial charge in [-0.3, -0.25) is 4.55 Å². The molecule has 0 unspecified atom stereocenters. The lowest BCUT2D eigenvalue weighted by atomic mass is 10.1. The molecule has 0 radical (unpaired) electrons. The second-order valence-corrected chi connectivity index (χ2v) is 17.4. The Hall–Kier alpha value is -3.26. The standard InChI is InChI=1S/C36H23Cl4F2N3O3S3/c37-20-6-8-29(25(39)15-20)44-17-24(22-13-19-14-31(51(46,47)48)50-36(19)33(22)44)27(41)4-2-1-3-5-28(42)32-23-12-18-10-11-49-35(18)34(23)45(43-32)30-9-7-21(38)16-26(30)40/h4-11,14-17H,1-3,12-13H2,(H,46,47,48)/b27-4-,28-5-. The van der Waals surface area contributed by atoms with Gasteiger partial charge in [-0.25, -0.2) is 13.5 Å². The summed E-state index contributed by atoms with van der Waals surface area (Å²) in [5.41, 5.74) is 6.37. The number of hydrogen-bond donors (Lipinski definition) is 1. The highest BCUT2D eigenvalue weighted by Gasteiger charge is 2.33. The first-order valence-electron chi connectivity index (χ1n) is 15.6. The molecule has 2 aliphatic rings. The second-order valence-electron chi connectivity index (χ2n) is 12.1. The molecule has 260 valence electrons. The molecule has 6 nitrogen and oxygen atoms in total. The Labute approximate surface area is 319 Å². The van der Waals surface area contributed by atoms with Crippen molar-refractivity contribution < 1.29 is 21.8 Å². The largest absolute Gasteiger partial charge is 0.313 e. The van der Waals surface area contributed by atoms with E-state index in [-0.39, 0.29) is 16.3 Å². The molecule has 15 heteroatoms. The number of allylic oxidation sites excluding steroid dienone is 2. The van der Waals surface area contributed by atoms with E-state index in [4.69, 9.17) is 46.4 Å². The number of unbranched alkanes of at least 4 members (excludes halogenated alkanes) is 2. The average molecular weight is 822 g/mol. The van der Waals surface area contributed by atoms with Crippen LogP contribution in [0, 0.1) is 0 Å². The second kappa shape index (κ2) is 13.3. The Balaban J connectivity index is 1.05. The number of aromatic nitrogens is 3. The summed E-state index contributed by atoms with van der Waals surface area (Å²) in [6.45, 7) is 0. The van der Waals surface area contributed by atoms with Crippen molar-refractivity contribution in [3.63, 3.8) is 0 Å². The Bertz CT molecular complexity index is 2580. The molecule has 0 fully saturated rings. The van der Waals surface area contributed by atoms with Crippen LogP contribution in [0.2, 0.25) is 20.1 Å². The van der Waals surface area contributed by atoms with Crippen molar-refractivity contribution in [1.82, 2.24) is 14.3 Å². The Morgan fingerprint density at radius 1 is 0.843 bits per heavy atom. The molecule has 0 saturated heterocycles. The fourth-order valence-corrected chi connectivity index (χ4v) is 10.5. The summed E-state index contributed by atoms with van der Waals surface area (Å²) >= 11 is 27.8. The van der Waals surface area contributed by atoms with Gasteiger partial charge < -0.3 is 4.57 Å². The van der Waals surface area contributed by atoms with Gasteiger partial charge in [0.15, 0.2) is 0 Å². The smallest absolute Gasteiger partial charge is 0.304 e. The zero-order chi connectivity index (χ0) is 35.8. The highest BCUT2D eigenvalue weighted by Crippen LogP contribution is 2.49. The minimum atomic E-state index is -4.42. The lowest BCUT2D eigenvalue weighted by molar-refractivity contribution is 0.485. The monoisotopic (exact) mass is 819 g/mol. The van der Waals surface area contributed by atoms with E-state index in [9.17, 15) is 13.0 Å². The highest BCUT2D eigenvalue weighted by molar-refractivity contribution is 7.88. The fourth-order valence-electron chi connectivity index (χ4n) is 6.62. The summed E-state index contributed by atoms with van der Waals surface area (Å²) in [5, 5.41) is 8.30. The van der Waals surface area contributed by atoms with E-state index in [2.05, 4.69) is 5.10 Å². The number of halogens is 6. The quantitative estimate of drug-likeness (QED) is 0.116. The van der Waals surface area contributed by atoms with Crippen molar-refractivity contribution in [2.45, 2.75) is 36.3 Å². The van der Waals surface area contributed by atoms with Gasteiger partial charge in [0.2, 0.25) is 0 Å². The van der Waals surface area contributed by atoms with Gasteiger partial charge in [0.1, 0.15) is 21.6 Å². The van der Waals surface area contributed by atoms with Gasteiger partial charge >= 0.3 is 10.1 Å². The van der Waals surface area contributed by atoms with E-state index in [1.807, 2.05) is 11.4 Å². The average Bonchev–Trinajstić information content (AvgIpc) is 3.89. The summed E-state index contributed by atoms with van der Waals surface area (Å²) in [6, 6.07) is 13.5. The molecule has 4 aromatic heterocycles. The Morgan fingerprint density at radius 3 is 2.20 bits per heavy atom. The molecule has 1 N–H and O–H groups in total. The van der Waals surface area contributed by atoms with Crippen LogP contribution < -0.4 is 0 Å². The molecule has 0 bridgehead atoms. The molecule has 0 atom stereocenters. The fraction of sp³-hybridized carbons (Fsp3) is 0.139. The van der Waals surface area contributed by atoms with Crippen LogP contribution in [0.4, 0.5) is 8.78 Å². The number of rotatable bonds is 9. The molecule has 0 amide bonds. The normalized spacial score (nSPS) is 13.9. The molecular formula is C36H23Cl4F2N3O3S3. The number of thiophene rings is 2. The predicted molar refractivity (Wildman–Crippen MR) is 203 cm³/mol. The molecule has 51 heavy (non-hydrogen) atoms.